The Labute approximate surface area is 145 Å². The Balaban J connectivity index is 1.92. The Hall–Kier alpha value is -1.78. The summed E-state index contributed by atoms with van der Waals surface area (Å²) in [5, 5.41) is 3.33. The Bertz CT molecular complexity index is 718. The van der Waals surface area contributed by atoms with Crippen LogP contribution in [-0.4, -0.2) is 16.9 Å². The molecule has 0 saturated carbocycles. The van der Waals surface area contributed by atoms with Crippen LogP contribution in [0.1, 0.15) is 29.8 Å². The van der Waals surface area contributed by atoms with Crippen molar-refractivity contribution < 1.29 is 9.59 Å². The maximum absolute atomic E-state index is 12.2. The fraction of sp³-hybridized carbons (Fsp3) is 0.222. The Morgan fingerprint density at radius 2 is 1.91 bits per heavy atom. The van der Waals surface area contributed by atoms with Gasteiger partial charge in [0.1, 0.15) is 0 Å². The zero-order valence-corrected chi connectivity index (χ0v) is 14.6. The highest BCUT2D eigenvalue weighted by Crippen LogP contribution is 2.21. The van der Waals surface area contributed by atoms with Gasteiger partial charge in [0.25, 0.3) is 0 Å². The van der Waals surface area contributed by atoms with Gasteiger partial charge in [-0.1, -0.05) is 35.9 Å². The predicted octanol–water partition coefficient (Wildman–Crippen LogP) is 4.80. The van der Waals surface area contributed by atoms with E-state index >= 15 is 0 Å². The first kappa shape index (κ1) is 17.6. The van der Waals surface area contributed by atoms with Crippen molar-refractivity contribution in [3.63, 3.8) is 0 Å². The molecular weight excluding hydrogens is 330 g/mol. The smallest absolute Gasteiger partial charge is 0.237 e. The Morgan fingerprint density at radius 1 is 1.17 bits per heavy atom. The summed E-state index contributed by atoms with van der Waals surface area (Å²) in [6.45, 7) is 3.36. The van der Waals surface area contributed by atoms with Gasteiger partial charge in [0.15, 0.2) is 5.78 Å². The van der Waals surface area contributed by atoms with E-state index in [4.69, 9.17) is 11.6 Å². The van der Waals surface area contributed by atoms with E-state index in [0.29, 0.717) is 22.0 Å². The summed E-state index contributed by atoms with van der Waals surface area (Å²) in [6, 6.07) is 14.6. The lowest BCUT2D eigenvalue weighted by Crippen LogP contribution is -2.22. The number of ketones is 1. The van der Waals surface area contributed by atoms with E-state index in [1.165, 1.54) is 18.7 Å². The number of anilines is 1. The van der Waals surface area contributed by atoms with Crippen molar-refractivity contribution in [2.75, 3.05) is 5.32 Å². The van der Waals surface area contributed by atoms with Crippen LogP contribution in [0.3, 0.4) is 0 Å². The maximum atomic E-state index is 12.2. The van der Waals surface area contributed by atoms with E-state index in [1.807, 2.05) is 31.2 Å². The van der Waals surface area contributed by atoms with Crippen molar-refractivity contribution in [3.05, 3.63) is 64.7 Å². The van der Waals surface area contributed by atoms with E-state index in [1.54, 1.807) is 24.3 Å². The van der Waals surface area contributed by atoms with Gasteiger partial charge < -0.3 is 5.32 Å². The van der Waals surface area contributed by atoms with E-state index < -0.39 is 0 Å². The number of amides is 1. The molecule has 2 aromatic carbocycles. The molecule has 0 aliphatic heterocycles. The summed E-state index contributed by atoms with van der Waals surface area (Å²) < 4.78 is 0. The molecule has 23 heavy (non-hydrogen) atoms. The standard InChI is InChI=1S/C18H18ClNO2S/c1-12(21)15-6-4-8-17(10-15)20-18(22)13(2)23-11-14-5-3-7-16(19)9-14/h3-10,13H,11H2,1-2H3,(H,20,22). The molecule has 2 aromatic rings. The second kappa shape index (κ2) is 8.18. The number of hydrogen-bond acceptors (Lipinski definition) is 3. The lowest BCUT2D eigenvalue weighted by molar-refractivity contribution is -0.115. The number of halogens is 1. The average Bonchev–Trinajstić information content (AvgIpc) is 2.52. The van der Waals surface area contributed by atoms with Crippen LogP contribution < -0.4 is 5.32 Å². The Kier molecular flexibility index (Phi) is 6.25. The molecule has 5 heteroatoms. The molecule has 0 bridgehead atoms. The lowest BCUT2D eigenvalue weighted by atomic mass is 10.1. The third-order valence-electron chi connectivity index (χ3n) is 3.29. The zero-order chi connectivity index (χ0) is 16.8. The van der Waals surface area contributed by atoms with Gasteiger partial charge in [0.2, 0.25) is 5.91 Å². The van der Waals surface area contributed by atoms with Crippen molar-refractivity contribution in [2.45, 2.75) is 24.9 Å². The lowest BCUT2D eigenvalue weighted by Gasteiger charge is -2.12. The number of carbonyl (C=O) groups is 2. The van der Waals surface area contributed by atoms with Gasteiger partial charge in [-0.3, -0.25) is 9.59 Å². The molecule has 2 rings (SSSR count). The van der Waals surface area contributed by atoms with E-state index in [9.17, 15) is 9.59 Å². The number of rotatable bonds is 6. The molecule has 0 aromatic heterocycles. The largest absolute Gasteiger partial charge is 0.325 e. The second-order valence-electron chi connectivity index (χ2n) is 5.21. The number of benzene rings is 2. The minimum Gasteiger partial charge on any atom is -0.325 e. The van der Waals surface area contributed by atoms with Crippen LogP contribution >= 0.6 is 23.4 Å². The first-order valence-electron chi connectivity index (χ1n) is 7.23. The van der Waals surface area contributed by atoms with Crippen LogP contribution in [-0.2, 0) is 10.5 Å². The molecule has 0 aliphatic carbocycles. The summed E-state index contributed by atoms with van der Waals surface area (Å²) in [7, 11) is 0. The van der Waals surface area contributed by atoms with Crippen molar-refractivity contribution in [2.24, 2.45) is 0 Å². The summed E-state index contributed by atoms with van der Waals surface area (Å²) in [5.74, 6) is 0.602. The van der Waals surface area contributed by atoms with Gasteiger partial charge in [-0.15, -0.1) is 11.8 Å². The number of nitrogens with one attached hydrogen (secondary N) is 1. The molecule has 0 spiro atoms. The quantitative estimate of drug-likeness (QED) is 0.763. The van der Waals surface area contributed by atoms with Gasteiger partial charge in [0.05, 0.1) is 5.25 Å². The van der Waals surface area contributed by atoms with Crippen LogP contribution in [0.2, 0.25) is 5.02 Å². The Morgan fingerprint density at radius 3 is 2.61 bits per heavy atom. The highest BCUT2D eigenvalue weighted by atomic mass is 35.5. The van der Waals surface area contributed by atoms with Gasteiger partial charge in [-0.2, -0.15) is 0 Å². The topological polar surface area (TPSA) is 46.2 Å². The van der Waals surface area contributed by atoms with Gasteiger partial charge in [-0.25, -0.2) is 0 Å². The monoisotopic (exact) mass is 347 g/mol. The SMILES string of the molecule is CC(=O)c1cccc(NC(=O)C(C)SCc2cccc(Cl)c2)c1. The van der Waals surface area contributed by atoms with Gasteiger partial charge >= 0.3 is 0 Å². The molecule has 0 saturated heterocycles. The fourth-order valence-corrected chi connectivity index (χ4v) is 3.03. The maximum Gasteiger partial charge on any atom is 0.237 e. The molecule has 0 radical (unpaired) electrons. The molecular formula is C18H18ClNO2S. The van der Waals surface area contributed by atoms with Crippen molar-refractivity contribution in [3.8, 4) is 0 Å². The van der Waals surface area contributed by atoms with Gasteiger partial charge in [-0.05, 0) is 43.7 Å². The normalized spacial score (nSPS) is 11.8. The molecule has 3 nitrogen and oxygen atoms in total. The van der Waals surface area contributed by atoms with Gasteiger partial charge in [0, 0.05) is 22.0 Å². The number of carbonyl (C=O) groups excluding carboxylic acids is 2. The predicted molar refractivity (Wildman–Crippen MR) is 97.3 cm³/mol. The first-order chi connectivity index (χ1) is 11.0. The van der Waals surface area contributed by atoms with Crippen molar-refractivity contribution >= 4 is 40.7 Å². The third kappa shape index (κ3) is 5.41. The van der Waals surface area contributed by atoms with Crippen LogP contribution in [0.5, 0.6) is 0 Å². The highest BCUT2D eigenvalue weighted by Gasteiger charge is 2.14. The molecule has 0 heterocycles. The van der Waals surface area contributed by atoms with Crippen molar-refractivity contribution in [1.82, 2.24) is 0 Å². The molecule has 1 N–H and O–H groups in total. The van der Waals surface area contributed by atoms with E-state index in [-0.39, 0.29) is 16.9 Å². The third-order valence-corrected chi connectivity index (χ3v) is 4.74. The van der Waals surface area contributed by atoms with Crippen LogP contribution in [0, 0.1) is 0 Å². The number of Topliss-reactive ketones (excluding diaryl/α,β-unsaturated/α-hetero) is 1. The second-order valence-corrected chi connectivity index (χ2v) is 6.97. The fourth-order valence-electron chi connectivity index (χ4n) is 1.98. The highest BCUT2D eigenvalue weighted by molar-refractivity contribution is 7.99. The molecule has 1 unspecified atom stereocenters. The van der Waals surface area contributed by atoms with Crippen LogP contribution in [0.4, 0.5) is 5.69 Å². The summed E-state index contributed by atoms with van der Waals surface area (Å²) >= 11 is 7.49. The number of hydrogen-bond donors (Lipinski definition) is 1. The molecule has 120 valence electrons. The first-order valence-corrected chi connectivity index (χ1v) is 8.66. The minimum atomic E-state index is -0.213. The molecule has 0 fully saturated rings. The summed E-state index contributed by atoms with van der Waals surface area (Å²) in [5.41, 5.74) is 2.31. The molecule has 0 aliphatic rings. The van der Waals surface area contributed by atoms with Crippen molar-refractivity contribution in [1.29, 1.82) is 0 Å². The summed E-state index contributed by atoms with van der Waals surface area (Å²) in [6.07, 6.45) is 0. The van der Waals surface area contributed by atoms with E-state index in [0.717, 1.165) is 5.56 Å². The molecule has 1 amide bonds. The minimum absolute atomic E-state index is 0.0236. The average molecular weight is 348 g/mol. The zero-order valence-electron chi connectivity index (χ0n) is 13.0. The van der Waals surface area contributed by atoms with E-state index in [2.05, 4.69) is 5.32 Å². The number of thioether (sulfide) groups is 1. The molecule has 1 atom stereocenters. The van der Waals surface area contributed by atoms with Crippen LogP contribution in [0.15, 0.2) is 48.5 Å². The van der Waals surface area contributed by atoms with Crippen LogP contribution in [0.25, 0.3) is 0 Å². The summed E-state index contributed by atoms with van der Waals surface area (Å²) in [4.78, 5) is 23.6.